The number of carbonyl (C=O) groups is 1. The van der Waals surface area contributed by atoms with E-state index in [2.05, 4.69) is 5.32 Å². The van der Waals surface area contributed by atoms with Crippen molar-refractivity contribution in [1.82, 2.24) is 0 Å². The maximum Gasteiger partial charge on any atom is 0.396 e. The highest BCUT2D eigenvalue weighted by Crippen LogP contribution is 2.37. The number of hydrogen-bond donors (Lipinski definition) is 1. The number of aryl methyl sites for hydroxylation is 1. The fourth-order valence-electron chi connectivity index (χ4n) is 2.74. The SMILES string of the molecule is Cc1cc(NC(=O)CC(c2ccccc2)C(F)(F)F)ccc1N(C)C. The predicted octanol–water partition coefficient (Wildman–Crippen LogP) is 4.74. The standard InChI is InChI=1S/C19H21F3N2O/c1-13-11-15(9-10-17(13)24(2)3)23-18(25)12-16(19(20,21)22)14-7-5-4-6-8-14/h4-11,16H,12H2,1-3H3,(H,23,25). The fourth-order valence-corrected chi connectivity index (χ4v) is 2.74. The number of hydrogen-bond acceptors (Lipinski definition) is 2. The Hall–Kier alpha value is -2.50. The van der Waals surface area contributed by atoms with Gasteiger partial charge in [-0.15, -0.1) is 0 Å². The number of nitrogens with zero attached hydrogens (tertiary/aromatic N) is 1. The molecule has 1 N–H and O–H groups in total. The van der Waals surface area contributed by atoms with Crippen LogP contribution in [0.15, 0.2) is 48.5 Å². The molecule has 1 atom stereocenters. The van der Waals surface area contributed by atoms with E-state index >= 15 is 0 Å². The van der Waals surface area contributed by atoms with Gasteiger partial charge in [0, 0.05) is 31.9 Å². The van der Waals surface area contributed by atoms with Gasteiger partial charge in [-0.25, -0.2) is 0 Å². The Kier molecular flexibility index (Phi) is 5.72. The largest absolute Gasteiger partial charge is 0.396 e. The molecule has 134 valence electrons. The normalized spacial score (nSPS) is 12.6. The molecule has 0 heterocycles. The van der Waals surface area contributed by atoms with Gasteiger partial charge in [0.15, 0.2) is 0 Å². The van der Waals surface area contributed by atoms with Gasteiger partial charge in [-0.2, -0.15) is 13.2 Å². The number of halogens is 3. The summed E-state index contributed by atoms with van der Waals surface area (Å²) in [6.07, 6.45) is -5.13. The summed E-state index contributed by atoms with van der Waals surface area (Å²) in [7, 11) is 3.79. The molecule has 0 spiro atoms. The van der Waals surface area contributed by atoms with Crippen LogP contribution in [0.25, 0.3) is 0 Å². The highest BCUT2D eigenvalue weighted by atomic mass is 19.4. The Morgan fingerprint density at radius 2 is 1.76 bits per heavy atom. The van der Waals surface area contributed by atoms with E-state index in [-0.39, 0.29) is 5.56 Å². The molecule has 0 saturated carbocycles. The Bertz CT molecular complexity index is 727. The summed E-state index contributed by atoms with van der Waals surface area (Å²) in [5.74, 6) is -2.49. The molecule has 3 nitrogen and oxygen atoms in total. The van der Waals surface area contributed by atoms with Crippen molar-refractivity contribution in [3.8, 4) is 0 Å². The second-order valence-electron chi connectivity index (χ2n) is 6.15. The van der Waals surface area contributed by atoms with E-state index < -0.39 is 24.4 Å². The van der Waals surface area contributed by atoms with Crippen molar-refractivity contribution < 1.29 is 18.0 Å². The fraction of sp³-hybridized carbons (Fsp3) is 0.316. The number of rotatable bonds is 5. The third-order valence-corrected chi connectivity index (χ3v) is 3.95. The monoisotopic (exact) mass is 350 g/mol. The molecule has 0 aliphatic carbocycles. The van der Waals surface area contributed by atoms with E-state index in [4.69, 9.17) is 0 Å². The van der Waals surface area contributed by atoms with Gasteiger partial charge < -0.3 is 10.2 Å². The van der Waals surface area contributed by atoms with Crippen LogP contribution in [0.2, 0.25) is 0 Å². The zero-order chi connectivity index (χ0) is 18.6. The average Bonchev–Trinajstić information content (AvgIpc) is 2.52. The highest BCUT2D eigenvalue weighted by molar-refractivity contribution is 5.91. The molecule has 0 fully saturated rings. The Morgan fingerprint density at radius 3 is 2.28 bits per heavy atom. The Labute approximate surface area is 145 Å². The molecule has 1 amide bonds. The molecule has 1 unspecified atom stereocenters. The van der Waals surface area contributed by atoms with E-state index in [9.17, 15) is 18.0 Å². The first kappa shape index (κ1) is 18.8. The number of amides is 1. The average molecular weight is 350 g/mol. The van der Waals surface area contributed by atoms with Gasteiger partial charge in [-0.05, 0) is 36.2 Å². The van der Waals surface area contributed by atoms with Crippen LogP contribution in [0.4, 0.5) is 24.5 Å². The molecule has 0 aliphatic heterocycles. The minimum atomic E-state index is -4.48. The molecule has 0 bridgehead atoms. The van der Waals surface area contributed by atoms with E-state index in [1.807, 2.05) is 32.0 Å². The lowest BCUT2D eigenvalue weighted by Gasteiger charge is -2.21. The Morgan fingerprint density at radius 1 is 1.12 bits per heavy atom. The zero-order valence-corrected chi connectivity index (χ0v) is 14.4. The number of carbonyl (C=O) groups excluding carboxylic acids is 1. The third kappa shape index (κ3) is 4.98. The lowest BCUT2D eigenvalue weighted by atomic mass is 9.94. The van der Waals surface area contributed by atoms with Crippen LogP contribution in [0.5, 0.6) is 0 Å². The number of nitrogens with one attached hydrogen (secondary N) is 1. The van der Waals surface area contributed by atoms with E-state index in [1.165, 1.54) is 24.3 Å². The van der Waals surface area contributed by atoms with Gasteiger partial charge in [-0.3, -0.25) is 4.79 Å². The topological polar surface area (TPSA) is 32.3 Å². The predicted molar refractivity (Wildman–Crippen MR) is 94.0 cm³/mol. The number of benzene rings is 2. The van der Waals surface area contributed by atoms with E-state index in [0.717, 1.165) is 11.3 Å². The molecule has 2 rings (SSSR count). The van der Waals surface area contributed by atoms with Gasteiger partial charge in [0.05, 0.1) is 5.92 Å². The minimum absolute atomic E-state index is 0.0873. The molecular weight excluding hydrogens is 329 g/mol. The highest BCUT2D eigenvalue weighted by Gasteiger charge is 2.41. The summed E-state index contributed by atoms with van der Waals surface area (Å²) in [5, 5.41) is 2.56. The molecule has 6 heteroatoms. The van der Waals surface area contributed by atoms with Crippen molar-refractivity contribution >= 4 is 17.3 Å². The second-order valence-corrected chi connectivity index (χ2v) is 6.15. The number of anilines is 2. The molecule has 0 aromatic heterocycles. The molecule has 0 aliphatic rings. The van der Waals surface area contributed by atoms with Crippen molar-refractivity contribution in [2.75, 3.05) is 24.3 Å². The third-order valence-electron chi connectivity index (χ3n) is 3.95. The molecule has 25 heavy (non-hydrogen) atoms. The lowest BCUT2D eigenvalue weighted by molar-refractivity contribution is -0.155. The lowest BCUT2D eigenvalue weighted by Crippen LogP contribution is -2.26. The van der Waals surface area contributed by atoms with Gasteiger partial charge in [0.1, 0.15) is 0 Å². The zero-order valence-electron chi connectivity index (χ0n) is 14.4. The summed E-state index contributed by atoms with van der Waals surface area (Å²) in [5.41, 5.74) is 2.49. The number of alkyl halides is 3. The maximum atomic E-state index is 13.3. The van der Waals surface area contributed by atoms with Crippen molar-refractivity contribution in [2.24, 2.45) is 0 Å². The molecule has 0 radical (unpaired) electrons. The summed E-state index contributed by atoms with van der Waals surface area (Å²) in [4.78, 5) is 14.1. The van der Waals surface area contributed by atoms with Crippen LogP contribution in [-0.4, -0.2) is 26.2 Å². The summed E-state index contributed by atoms with van der Waals surface area (Å²) in [6.45, 7) is 1.88. The van der Waals surface area contributed by atoms with Crippen molar-refractivity contribution in [3.05, 3.63) is 59.7 Å². The van der Waals surface area contributed by atoms with E-state index in [1.54, 1.807) is 18.2 Å². The molecule has 2 aromatic rings. The summed E-state index contributed by atoms with van der Waals surface area (Å²) >= 11 is 0. The van der Waals surface area contributed by atoms with E-state index in [0.29, 0.717) is 5.69 Å². The first-order valence-corrected chi connectivity index (χ1v) is 7.88. The van der Waals surface area contributed by atoms with Gasteiger partial charge >= 0.3 is 6.18 Å². The van der Waals surface area contributed by atoms with Crippen molar-refractivity contribution in [1.29, 1.82) is 0 Å². The van der Waals surface area contributed by atoms with Crippen molar-refractivity contribution in [2.45, 2.75) is 25.4 Å². The first-order valence-electron chi connectivity index (χ1n) is 7.88. The van der Waals surface area contributed by atoms with Gasteiger partial charge in [0.25, 0.3) is 0 Å². The molecule has 2 aromatic carbocycles. The first-order chi connectivity index (χ1) is 11.7. The quantitative estimate of drug-likeness (QED) is 0.845. The van der Waals surface area contributed by atoms with Crippen LogP contribution < -0.4 is 10.2 Å². The van der Waals surface area contributed by atoms with Crippen LogP contribution >= 0.6 is 0 Å². The van der Waals surface area contributed by atoms with Crippen LogP contribution in [-0.2, 0) is 4.79 Å². The molecular formula is C19H21F3N2O. The van der Waals surface area contributed by atoms with Gasteiger partial charge in [0.2, 0.25) is 5.91 Å². The smallest absolute Gasteiger partial charge is 0.377 e. The van der Waals surface area contributed by atoms with Crippen LogP contribution in [0.1, 0.15) is 23.5 Å². The van der Waals surface area contributed by atoms with Crippen LogP contribution in [0.3, 0.4) is 0 Å². The molecule has 0 saturated heterocycles. The Balaban J connectivity index is 2.13. The summed E-state index contributed by atoms with van der Waals surface area (Å²) in [6, 6.07) is 12.8. The van der Waals surface area contributed by atoms with Crippen molar-refractivity contribution in [3.63, 3.8) is 0 Å². The second kappa shape index (κ2) is 7.59. The van der Waals surface area contributed by atoms with Gasteiger partial charge in [-0.1, -0.05) is 30.3 Å². The summed E-state index contributed by atoms with van der Waals surface area (Å²) < 4.78 is 40.0. The van der Waals surface area contributed by atoms with Crippen LogP contribution in [0, 0.1) is 6.92 Å². The minimum Gasteiger partial charge on any atom is -0.377 e. The maximum absolute atomic E-state index is 13.3.